The van der Waals surface area contributed by atoms with E-state index in [0.717, 1.165) is 40.9 Å². The van der Waals surface area contributed by atoms with Crippen LogP contribution in [0.25, 0.3) is 22.5 Å². The summed E-state index contributed by atoms with van der Waals surface area (Å²) >= 11 is 0. The molecule has 0 saturated carbocycles. The Labute approximate surface area is 193 Å². The first-order valence-corrected chi connectivity index (χ1v) is 11.3. The van der Waals surface area contributed by atoms with Gasteiger partial charge in [-0.15, -0.1) is 5.10 Å². The maximum atomic E-state index is 13.0. The molecule has 0 amide bonds. The summed E-state index contributed by atoms with van der Waals surface area (Å²) in [6.07, 6.45) is 5.66. The highest BCUT2D eigenvalue weighted by Gasteiger charge is 2.14. The lowest BCUT2D eigenvalue weighted by molar-refractivity contribution is 0.557. The molecule has 0 atom stereocenters. The molecule has 4 aromatic rings. The van der Waals surface area contributed by atoms with Crippen molar-refractivity contribution in [1.82, 2.24) is 35.0 Å². The van der Waals surface area contributed by atoms with Crippen LogP contribution < -0.4 is 5.69 Å². The van der Waals surface area contributed by atoms with E-state index in [9.17, 15) is 4.79 Å². The Morgan fingerprint density at radius 2 is 1.82 bits per heavy atom. The highest BCUT2D eigenvalue weighted by atomic mass is 16.2. The van der Waals surface area contributed by atoms with E-state index in [2.05, 4.69) is 63.8 Å². The fourth-order valence-corrected chi connectivity index (χ4v) is 3.76. The largest absolute Gasteiger partial charge is 0.346 e. The van der Waals surface area contributed by atoms with E-state index < -0.39 is 0 Å². The Morgan fingerprint density at radius 3 is 2.48 bits per heavy atom. The van der Waals surface area contributed by atoms with Gasteiger partial charge >= 0.3 is 5.69 Å². The summed E-state index contributed by atoms with van der Waals surface area (Å²) < 4.78 is 3.35. The third-order valence-corrected chi connectivity index (χ3v) is 5.59. The van der Waals surface area contributed by atoms with Gasteiger partial charge in [0.25, 0.3) is 0 Å². The van der Waals surface area contributed by atoms with Gasteiger partial charge in [-0.05, 0) is 46.4 Å². The smallest absolute Gasteiger partial charge is 0.274 e. The van der Waals surface area contributed by atoms with Crippen molar-refractivity contribution < 1.29 is 0 Å². The number of tetrazole rings is 1. The molecule has 1 N–H and O–H groups in total. The van der Waals surface area contributed by atoms with Crippen LogP contribution in [-0.4, -0.2) is 35.0 Å². The van der Waals surface area contributed by atoms with E-state index in [1.54, 1.807) is 9.25 Å². The number of H-pyrrole nitrogens is 1. The molecule has 0 aliphatic rings. The molecule has 2 heterocycles. The standard InChI is InChI=1S/C25H29N7O/c1-4-5-16-32-25(33)31(23(28-32)15-10-18(2)3)17-19-11-13-20(14-12-19)21-8-6-7-9-22(21)24-26-29-30-27-24/h4-9,11-14,18H,10,15-17H2,1-3H3,(H,26,27,29,30)/b5-4+. The first kappa shape index (κ1) is 22.4. The molecule has 0 fully saturated rings. The van der Waals surface area contributed by atoms with Crippen molar-refractivity contribution in [2.45, 2.75) is 46.7 Å². The number of aromatic amines is 1. The van der Waals surface area contributed by atoms with Gasteiger partial charge in [-0.2, -0.15) is 5.10 Å². The topological polar surface area (TPSA) is 94.3 Å². The van der Waals surface area contributed by atoms with Crippen LogP contribution in [0.5, 0.6) is 0 Å². The summed E-state index contributed by atoms with van der Waals surface area (Å²) in [6.45, 7) is 7.30. The first-order chi connectivity index (χ1) is 16.1. The van der Waals surface area contributed by atoms with Gasteiger partial charge in [0.2, 0.25) is 0 Å². The second-order valence-electron chi connectivity index (χ2n) is 8.46. The van der Waals surface area contributed by atoms with Gasteiger partial charge in [0.1, 0.15) is 5.82 Å². The fraction of sp³-hybridized carbons (Fsp3) is 0.320. The number of aryl methyl sites for hydroxylation is 1. The molecule has 8 heteroatoms. The minimum Gasteiger partial charge on any atom is -0.274 e. The molecular weight excluding hydrogens is 414 g/mol. The van der Waals surface area contributed by atoms with Gasteiger partial charge in [-0.1, -0.05) is 74.5 Å². The number of hydrogen-bond donors (Lipinski definition) is 1. The van der Waals surface area contributed by atoms with Crippen LogP contribution >= 0.6 is 0 Å². The van der Waals surface area contributed by atoms with Crippen LogP contribution in [0.1, 0.15) is 38.6 Å². The average Bonchev–Trinajstić information content (AvgIpc) is 3.46. The Bertz CT molecular complexity index is 1270. The third kappa shape index (κ3) is 5.16. The number of nitrogens with one attached hydrogen (secondary N) is 1. The minimum absolute atomic E-state index is 0.0703. The molecule has 2 aromatic carbocycles. The van der Waals surface area contributed by atoms with Crippen LogP contribution in [0.3, 0.4) is 0 Å². The summed E-state index contributed by atoms with van der Waals surface area (Å²) in [6, 6.07) is 16.3. The van der Waals surface area contributed by atoms with Crippen LogP contribution in [0.15, 0.2) is 65.5 Å². The van der Waals surface area contributed by atoms with Crippen molar-refractivity contribution in [2.24, 2.45) is 5.92 Å². The molecule has 0 saturated heterocycles. The normalized spacial score (nSPS) is 11.6. The van der Waals surface area contributed by atoms with E-state index >= 15 is 0 Å². The average molecular weight is 444 g/mol. The number of allylic oxidation sites excluding steroid dienone is 2. The summed E-state index contributed by atoms with van der Waals surface area (Å²) in [5.41, 5.74) is 4.02. The van der Waals surface area contributed by atoms with Crippen molar-refractivity contribution in [3.8, 4) is 22.5 Å². The molecule has 8 nitrogen and oxygen atoms in total. The summed E-state index contributed by atoms with van der Waals surface area (Å²) in [5.74, 6) is 2.02. The number of rotatable bonds is 9. The van der Waals surface area contributed by atoms with Crippen LogP contribution in [0.2, 0.25) is 0 Å². The number of nitrogens with zero attached hydrogens (tertiary/aromatic N) is 6. The number of benzene rings is 2. The van der Waals surface area contributed by atoms with E-state index in [1.165, 1.54) is 0 Å². The van der Waals surface area contributed by atoms with Gasteiger partial charge < -0.3 is 0 Å². The Morgan fingerprint density at radius 1 is 1.06 bits per heavy atom. The summed E-state index contributed by atoms with van der Waals surface area (Å²) in [4.78, 5) is 13.0. The van der Waals surface area contributed by atoms with E-state index in [0.29, 0.717) is 24.8 Å². The molecular formula is C25H29N7O. The van der Waals surface area contributed by atoms with Crippen molar-refractivity contribution in [2.75, 3.05) is 0 Å². The molecule has 0 radical (unpaired) electrons. The highest BCUT2D eigenvalue weighted by molar-refractivity contribution is 5.80. The molecule has 0 spiro atoms. The van der Waals surface area contributed by atoms with E-state index in [1.807, 2.05) is 43.3 Å². The lowest BCUT2D eigenvalue weighted by Gasteiger charge is -2.10. The Kier molecular flexibility index (Phi) is 6.92. The lowest BCUT2D eigenvalue weighted by Crippen LogP contribution is -2.25. The zero-order valence-corrected chi connectivity index (χ0v) is 19.3. The van der Waals surface area contributed by atoms with Gasteiger partial charge in [0.15, 0.2) is 5.82 Å². The second-order valence-corrected chi connectivity index (χ2v) is 8.46. The molecule has 4 rings (SSSR count). The molecule has 2 aromatic heterocycles. The lowest BCUT2D eigenvalue weighted by atomic mass is 9.98. The van der Waals surface area contributed by atoms with Crippen molar-refractivity contribution in [3.63, 3.8) is 0 Å². The van der Waals surface area contributed by atoms with Gasteiger partial charge in [0, 0.05) is 12.0 Å². The first-order valence-electron chi connectivity index (χ1n) is 11.3. The van der Waals surface area contributed by atoms with Crippen LogP contribution in [0.4, 0.5) is 0 Å². The minimum atomic E-state index is -0.0703. The molecule has 0 bridgehead atoms. The predicted molar refractivity (Wildman–Crippen MR) is 129 cm³/mol. The monoisotopic (exact) mass is 443 g/mol. The molecule has 0 aliphatic carbocycles. The summed E-state index contributed by atoms with van der Waals surface area (Å²) in [7, 11) is 0. The van der Waals surface area contributed by atoms with Crippen molar-refractivity contribution in [1.29, 1.82) is 0 Å². The van der Waals surface area contributed by atoms with Gasteiger partial charge in [-0.3, -0.25) is 4.57 Å². The van der Waals surface area contributed by atoms with Gasteiger partial charge in [0.05, 0.1) is 13.1 Å². The van der Waals surface area contributed by atoms with Gasteiger partial charge in [-0.25, -0.2) is 14.6 Å². The highest BCUT2D eigenvalue weighted by Crippen LogP contribution is 2.29. The van der Waals surface area contributed by atoms with Crippen LogP contribution in [-0.2, 0) is 19.5 Å². The van der Waals surface area contributed by atoms with E-state index in [4.69, 9.17) is 0 Å². The Hall–Kier alpha value is -3.81. The maximum Gasteiger partial charge on any atom is 0.346 e. The second kappa shape index (κ2) is 10.2. The zero-order valence-electron chi connectivity index (χ0n) is 19.3. The molecule has 170 valence electrons. The quantitative estimate of drug-likeness (QED) is 0.393. The SMILES string of the molecule is C/C=C/Cn1nc(CCC(C)C)n(Cc2ccc(-c3ccccc3-c3nnn[nH]3)cc2)c1=O. The third-order valence-electron chi connectivity index (χ3n) is 5.59. The number of aromatic nitrogens is 7. The molecule has 0 aliphatic heterocycles. The molecule has 0 unspecified atom stereocenters. The number of hydrogen-bond acceptors (Lipinski definition) is 5. The summed E-state index contributed by atoms with van der Waals surface area (Å²) in [5, 5.41) is 18.9. The molecule has 33 heavy (non-hydrogen) atoms. The van der Waals surface area contributed by atoms with Crippen molar-refractivity contribution in [3.05, 3.63) is 82.6 Å². The predicted octanol–water partition coefficient (Wildman–Crippen LogP) is 4.10. The van der Waals surface area contributed by atoms with E-state index in [-0.39, 0.29) is 5.69 Å². The van der Waals surface area contributed by atoms with Crippen molar-refractivity contribution >= 4 is 0 Å². The zero-order chi connectivity index (χ0) is 23.2. The Balaban J connectivity index is 1.61. The van der Waals surface area contributed by atoms with Crippen LogP contribution in [0, 0.1) is 5.92 Å². The maximum absolute atomic E-state index is 13.0. The fourth-order valence-electron chi connectivity index (χ4n) is 3.76.